The van der Waals surface area contributed by atoms with E-state index in [1.54, 1.807) is 0 Å². The second kappa shape index (κ2) is 8.00. The summed E-state index contributed by atoms with van der Waals surface area (Å²) in [6, 6.07) is 8.29. The highest BCUT2D eigenvalue weighted by Crippen LogP contribution is 2.32. The Kier molecular flexibility index (Phi) is 5.72. The molecule has 0 spiro atoms. The molecule has 1 heterocycles. The first-order valence-corrected chi connectivity index (χ1v) is 9.55. The summed E-state index contributed by atoms with van der Waals surface area (Å²) >= 11 is 0. The van der Waals surface area contributed by atoms with Gasteiger partial charge in [0.25, 0.3) is 0 Å². The van der Waals surface area contributed by atoms with E-state index >= 15 is 0 Å². The van der Waals surface area contributed by atoms with E-state index in [9.17, 15) is 5.11 Å². The Hall–Kier alpha value is -2.20. The van der Waals surface area contributed by atoms with E-state index in [-0.39, 0.29) is 0 Å². The number of hydrogen-bond donors (Lipinski definition) is 2. The molecule has 1 unspecified atom stereocenters. The van der Waals surface area contributed by atoms with Gasteiger partial charge in [0.05, 0.1) is 19.8 Å². The molecule has 4 nitrogen and oxygen atoms in total. The van der Waals surface area contributed by atoms with Crippen molar-refractivity contribution in [2.24, 2.45) is 0 Å². The highest BCUT2D eigenvalue weighted by atomic mass is 16.5. The van der Waals surface area contributed by atoms with Crippen LogP contribution in [0.1, 0.15) is 41.7 Å². The van der Waals surface area contributed by atoms with Crippen LogP contribution in [0.25, 0.3) is 0 Å². The SMILES string of the molecule is CCOc1cc2c(cc1OCC)C[NH+](Cc1cc(C)c(C)cc1O)CC2. The molecule has 4 heteroatoms. The molecular weight excluding hydrogens is 326 g/mol. The zero-order valence-electron chi connectivity index (χ0n) is 16.3. The summed E-state index contributed by atoms with van der Waals surface area (Å²) in [7, 11) is 0. The average Bonchev–Trinajstić information content (AvgIpc) is 2.61. The Morgan fingerprint density at radius 1 is 0.923 bits per heavy atom. The molecule has 0 bridgehead atoms. The monoisotopic (exact) mass is 356 g/mol. The Morgan fingerprint density at radius 3 is 2.19 bits per heavy atom. The molecule has 0 saturated carbocycles. The summed E-state index contributed by atoms with van der Waals surface area (Å²) in [6.45, 7) is 12.2. The van der Waals surface area contributed by atoms with Crippen molar-refractivity contribution in [2.75, 3.05) is 19.8 Å². The van der Waals surface area contributed by atoms with Crippen LogP contribution in [0.15, 0.2) is 24.3 Å². The van der Waals surface area contributed by atoms with Crippen LogP contribution >= 0.6 is 0 Å². The fourth-order valence-corrected chi connectivity index (χ4v) is 3.67. The third kappa shape index (κ3) is 3.96. The highest BCUT2D eigenvalue weighted by molar-refractivity contribution is 5.48. The van der Waals surface area contributed by atoms with Gasteiger partial charge in [-0.25, -0.2) is 0 Å². The maximum Gasteiger partial charge on any atom is 0.161 e. The molecule has 0 aliphatic carbocycles. The van der Waals surface area contributed by atoms with Crippen LogP contribution < -0.4 is 14.4 Å². The number of phenols is 1. The number of phenolic OH excluding ortho intramolecular Hbond substituents is 1. The van der Waals surface area contributed by atoms with Gasteiger partial charge in [-0.3, -0.25) is 0 Å². The van der Waals surface area contributed by atoms with Gasteiger partial charge in [0, 0.05) is 17.5 Å². The molecule has 2 N–H and O–H groups in total. The minimum absolute atomic E-state index is 0.410. The lowest BCUT2D eigenvalue weighted by Gasteiger charge is -2.27. The lowest BCUT2D eigenvalue weighted by molar-refractivity contribution is -0.929. The van der Waals surface area contributed by atoms with Crippen molar-refractivity contribution in [3.63, 3.8) is 0 Å². The smallest absolute Gasteiger partial charge is 0.161 e. The first kappa shape index (κ1) is 18.6. The Labute approximate surface area is 156 Å². The lowest BCUT2D eigenvalue weighted by Crippen LogP contribution is -3.10. The van der Waals surface area contributed by atoms with E-state index < -0.39 is 0 Å². The summed E-state index contributed by atoms with van der Waals surface area (Å²) in [5.41, 5.74) is 6.07. The molecule has 1 aliphatic heterocycles. The van der Waals surface area contributed by atoms with Gasteiger partial charge in [0.1, 0.15) is 18.8 Å². The highest BCUT2D eigenvalue weighted by Gasteiger charge is 2.23. The van der Waals surface area contributed by atoms with E-state index in [1.165, 1.54) is 21.6 Å². The van der Waals surface area contributed by atoms with Crippen LogP contribution in [0.3, 0.4) is 0 Å². The molecule has 0 radical (unpaired) electrons. The molecule has 3 rings (SSSR count). The van der Waals surface area contributed by atoms with Crippen molar-refractivity contribution < 1.29 is 19.5 Å². The molecule has 0 aromatic heterocycles. The summed E-state index contributed by atoms with van der Waals surface area (Å²) in [5.74, 6) is 2.10. The lowest BCUT2D eigenvalue weighted by atomic mass is 9.97. The second-order valence-corrected chi connectivity index (χ2v) is 7.10. The van der Waals surface area contributed by atoms with E-state index in [2.05, 4.69) is 25.1 Å². The summed E-state index contributed by atoms with van der Waals surface area (Å²) in [6.07, 6.45) is 1.02. The minimum atomic E-state index is 0.410. The normalized spacial score (nSPS) is 16.2. The van der Waals surface area contributed by atoms with Gasteiger partial charge in [-0.15, -0.1) is 0 Å². The zero-order valence-corrected chi connectivity index (χ0v) is 16.3. The number of quaternary nitrogens is 1. The van der Waals surface area contributed by atoms with Crippen LogP contribution in [0.2, 0.25) is 0 Å². The van der Waals surface area contributed by atoms with Crippen molar-refractivity contribution in [3.8, 4) is 17.2 Å². The average molecular weight is 356 g/mol. The minimum Gasteiger partial charge on any atom is -0.507 e. The van der Waals surface area contributed by atoms with E-state index in [0.717, 1.165) is 48.7 Å². The Balaban J connectivity index is 1.80. The number of aryl methyl sites for hydroxylation is 2. The van der Waals surface area contributed by atoms with Crippen molar-refractivity contribution in [3.05, 3.63) is 52.1 Å². The number of benzene rings is 2. The number of rotatable bonds is 6. The predicted octanol–water partition coefficient (Wildman–Crippen LogP) is 2.95. The number of ether oxygens (including phenoxy) is 2. The fraction of sp³-hybridized carbons (Fsp3) is 0.455. The van der Waals surface area contributed by atoms with E-state index in [0.29, 0.717) is 19.0 Å². The van der Waals surface area contributed by atoms with Gasteiger partial charge in [-0.05, 0) is 68.7 Å². The number of aromatic hydroxyl groups is 1. The topological polar surface area (TPSA) is 43.1 Å². The maximum atomic E-state index is 10.3. The fourth-order valence-electron chi connectivity index (χ4n) is 3.67. The Morgan fingerprint density at radius 2 is 1.54 bits per heavy atom. The van der Waals surface area contributed by atoms with Crippen LogP contribution in [-0.2, 0) is 19.5 Å². The quantitative estimate of drug-likeness (QED) is 0.836. The Bertz CT molecular complexity index is 785. The van der Waals surface area contributed by atoms with Crippen molar-refractivity contribution >= 4 is 0 Å². The van der Waals surface area contributed by atoms with Crippen LogP contribution in [0, 0.1) is 13.8 Å². The van der Waals surface area contributed by atoms with Crippen LogP contribution in [0.4, 0.5) is 0 Å². The molecule has 1 atom stereocenters. The molecule has 2 aromatic rings. The molecule has 0 fully saturated rings. The summed E-state index contributed by atoms with van der Waals surface area (Å²) in [4.78, 5) is 1.46. The molecule has 1 aliphatic rings. The first-order chi connectivity index (χ1) is 12.5. The van der Waals surface area contributed by atoms with Gasteiger partial charge in [0.2, 0.25) is 0 Å². The standard InChI is InChI=1S/C22H29NO3/c1-5-25-21-11-17-7-8-23(13-18(17)12-22(21)26-6-2)14-19-9-15(3)16(4)10-20(19)24/h9-12,24H,5-8,13-14H2,1-4H3/p+1. The van der Waals surface area contributed by atoms with Crippen molar-refractivity contribution in [2.45, 2.75) is 47.2 Å². The molecule has 0 amide bonds. The maximum absolute atomic E-state index is 10.3. The number of fused-ring (bicyclic) bond motifs is 1. The predicted molar refractivity (Wildman–Crippen MR) is 103 cm³/mol. The molecule has 140 valence electrons. The summed E-state index contributed by atoms with van der Waals surface area (Å²) < 4.78 is 11.5. The van der Waals surface area contributed by atoms with Gasteiger partial charge >= 0.3 is 0 Å². The van der Waals surface area contributed by atoms with Gasteiger partial charge in [-0.2, -0.15) is 0 Å². The third-order valence-electron chi connectivity index (χ3n) is 5.19. The first-order valence-electron chi connectivity index (χ1n) is 9.55. The second-order valence-electron chi connectivity index (χ2n) is 7.10. The summed E-state index contributed by atoms with van der Waals surface area (Å²) in [5, 5.41) is 10.3. The molecular formula is C22H30NO3+. The molecule has 26 heavy (non-hydrogen) atoms. The van der Waals surface area contributed by atoms with Gasteiger partial charge < -0.3 is 19.5 Å². The van der Waals surface area contributed by atoms with Gasteiger partial charge in [-0.1, -0.05) is 0 Å². The van der Waals surface area contributed by atoms with Crippen molar-refractivity contribution in [1.29, 1.82) is 0 Å². The third-order valence-corrected chi connectivity index (χ3v) is 5.19. The zero-order chi connectivity index (χ0) is 18.7. The van der Waals surface area contributed by atoms with Crippen molar-refractivity contribution in [1.82, 2.24) is 0 Å². The van der Waals surface area contributed by atoms with Gasteiger partial charge in [0.15, 0.2) is 11.5 Å². The molecule has 2 aromatic carbocycles. The number of nitrogens with one attached hydrogen (secondary N) is 1. The largest absolute Gasteiger partial charge is 0.507 e. The van der Waals surface area contributed by atoms with Crippen LogP contribution in [-0.4, -0.2) is 24.9 Å². The van der Waals surface area contributed by atoms with Crippen LogP contribution in [0.5, 0.6) is 17.2 Å². The molecule has 0 saturated heterocycles. The van der Waals surface area contributed by atoms with E-state index in [4.69, 9.17) is 9.47 Å². The van der Waals surface area contributed by atoms with E-state index in [1.807, 2.05) is 26.8 Å². The number of hydrogen-bond acceptors (Lipinski definition) is 3.